The second-order valence-corrected chi connectivity index (χ2v) is 7.96. The van der Waals surface area contributed by atoms with Gasteiger partial charge in [0.1, 0.15) is 0 Å². The van der Waals surface area contributed by atoms with E-state index in [1.807, 2.05) is 0 Å². The molecule has 2 aliphatic heterocycles. The summed E-state index contributed by atoms with van der Waals surface area (Å²) < 4.78 is 37.2. The normalized spacial score (nSPS) is 17.3. The molecule has 31 heavy (non-hydrogen) atoms. The van der Waals surface area contributed by atoms with Crippen molar-refractivity contribution in [3.05, 3.63) is 53.4 Å². The van der Waals surface area contributed by atoms with Gasteiger partial charge in [0.05, 0.1) is 11.6 Å². The van der Waals surface area contributed by atoms with Gasteiger partial charge in [0.2, 0.25) is 18.6 Å². The fourth-order valence-corrected chi connectivity index (χ4v) is 4.24. The number of anilines is 2. The fraction of sp³-hybridized carbons (Fsp3) is 0.190. The lowest BCUT2D eigenvalue weighted by molar-refractivity contribution is -0.122. The number of hydrogen-bond acceptors (Lipinski definition) is 6. The van der Waals surface area contributed by atoms with Gasteiger partial charge in [0.25, 0.3) is 0 Å². The molecule has 1 fully saturated rings. The average molecular weight is 443 g/mol. The molecule has 1 aromatic heterocycles. The van der Waals surface area contributed by atoms with Crippen molar-refractivity contribution in [2.24, 2.45) is 5.92 Å². The maximum Gasteiger partial charge on any atom is 0.231 e. The SMILES string of the molecule is O=C(Nc1nc(-c2ccc(F)c(F)c2)cs1)[C@H]1CC(=O)N(c2ccc3c(c2)OCO3)C1. The number of halogens is 2. The van der Waals surface area contributed by atoms with Crippen LogP contribution in [0.3, 0.4) is 0 Å². The van der Waals surface area contributed by atoms with Crippen LogP contribution < -0.4 is 19.7 Å². The second-order valence-electron chi connectivity index (χ2n) is 7.10. The predicted octanol–water partition coefficient (Wildman–Crippen LogP) is 3.81. The number of amides is 2. The molecule has 0 aliphatic carbocycles. The van der Waals surface area contributed by atoms with E-state index in [4.69, 9.17) is 9.47 Å². The van der Waals surface area contributed by atoms with Gasteiger partial charge in [-0.05, 0) is 30.3 Å². The third kappa shape index (κ3) is 3.70. The number of nitrogens with zero attached hydrogens (tertiary/aromatic N) is 2. The van der Waals surface area contributed by atoms with Crippen LogP contribution in [0.15, 0.2) is 41.8 Å². The Labute approximate surface area is 179 Å². The van der Waals surface area contributed by atoms with E-state index in [-0.39, 0.29) is 31.6 Å². The maximum absolute atomic E-state index is 13.5. The first-order valence-corrected chi connectivity index (χ1v) is 10.3. The standard InChI is InChI=1S/C21H15F2N3O4S/c22-14-3-1-11(5-15(14)23)16-9-31-21(24-16)25-20(28)12-6-19(27)26(8-12)13-2-4-17-18(7-13)30-10-29-17/h1-5,7,9,12H,6,8,10H2,(H,24,25,28)/t12-/m0/s1. The van der Waals surface area contributed by atoms with Gasteiger partial charge in [-0.1, -0.05) is 0 Å². The van der Waals surface area contributed by atoms with Crippen molar-refractivity contribution >= 4 is 34.0 Å². The van der Waals surface area contributed by atoms with Crippen LogP contribution >= 0.6 is 11.3 Å². The smallest absolute Gasteiger partial charge is 0.231 e. The van der Waals surface area contributed by atoms with Crippen LogP contribution in [0, 0.1) is 17.6 Å². The first kappa shape index (κ1) is 19.4. The summed E-state index contributed by atoms with van der Waals surface area (Å²) in [4.78, 5) is 31.0. The second kappa shape index (κ2) is 7.62. The number of ether oxygens (including phenoxy) is 2. The van der Waals surface area contributed by atoms with Crippen LogP contribution in [0.1, 0.15) is 6.42 Å². The highest BCUT2D eigenvalue weighted by atomic mass is 32.1. The van der Waals surface area contributed by atoms with Gasteiger partial charge in [0, 0.05) is 35.7 Å². The molecule has 10 heteroatoms. The van der Waals surface area contributed by atoms with E-state index < -0.39 is 17.6 Å². The van der Waals surface area contributed by atoms with Crippen molar-refractivity contribution in [2.45, 2.75) is 6.42 Å². The maximum atomic E-state index is 13.5. The first-order valence-electron chi connectivity index (χ1n) is 9.40. The van der Waals surface area contributed by atoms with Crippen molar-refractivity contribution in [1.82, 2.24) is 4.98 Å². The largest absolute Gasteiger partial charge is 0.454 e. The fourth-order valence-electron chi connectivity index (χ4n) is 3.51. The number of nitrogens with one attached hydrogen (secondary N) is 1. The summed E-state index contributed by atoms with van der Waals surface area (Å²) in [6, 6.07) is 8.69. The number of carbonyl (C=O) groups is 2. The zero-order valence-corrected chi connectivity index (χ0v) is 16.7. The van der Waals surface area contributed by atoms with E-state index in [0.717, 1.165) is 23.5 Å². The molecule has 3 aromatic rings. The van der Waals surface area contributed by atoms with Gasteiger partial charge in [-0.3, -0.25) is 9.59 Å². The number of carbonyl (C=O) groups excluding carboxylic acids is 2. The van der Waals surface area contributed by atoms with Gasteiger partial charge in [-0.15, -0.1) is 11.3 Å². The Morgan fingerprint density at radius 2 is 1.97 bits per heavy atom. The van der Waals surface area contributed by atoms with E-state index in [2.05, 4.69) is 10.3 Å². The molecule has 2 amide bonds. The molecule has 1 saturated heterocycles. The minimum atomic E-state index is -0.968. The molecule has 1 N–H and O–H groups in total. The Morgan fingerprint density at radius 1 is 1.13 bits per heavy atom. The van der Waals surface area contributed by atoms with Gasteiger partial charge in [-0.2, -0.15) is 0 Å². The third-order valence-electron chi connectivity index (χ3n) is 5.11. The van der Waals surface area contributed by atoms with E-state index in [9.17, 15) is 18.4 Å². The van der Waals surface area contributed by atoms with Gasteiger partial charge >= 0.3 is 0 Å². The summed E-state index contributed by atoms with van der Waals surface area (Å²) in [6.45, 7) is 0.365. The van der Waals surface area contributed by atoms with Crippen molar-refractivity contribution in [3.8, 4) is 22.8 Å². The van der Waals surface area contributed by atoms with Crippen molar-refractivity contribution < 1.29 is 27.8 Å². The molecule has 3 heterocycles. The van der Waals surface area contributed by atoms with Crippen LogP contribution in [0.25, 0.3) is 11.3 Å². The zero-order chi connectivity index (χ0) is 21.5. The molecule has 0 radical (unpaired) electrons. The Balaban J connectivity index is 1.27. The summed E-state index contributed by atoms with van der Waals surface area (Å²) in [5, 5.41) is 4.67. The van der Waals surface area contributed by atoms with Crippen molar-refractivity contribution in [2.75, 3.05) is 23.6 Å². The molecular formula is C21H15F2N3O4S. The topological polar surface area (TPSA) is 80.8 Å². The molecule has 2 aliphatic rings. The number of rotatable bonds is 4. The lowest BCUT2D eigenvalue weighted by Gasteiger charge is -2.17. The summed E-state index contributed by atoms with van der Waals surface area (Å²) in [5.74, 6) is -1.78. The molecule has 0 saturated carbocycles. The molecule has 0 unspecified atom stereocenters. The number of hydrogen-bond donors (Lipinski definition) is 1. The van der Waals surface area contributed by atoms with Gasteiger partial charge < -0.3 is 19.7 Å². The molecule has 158 valence electrons. The number of benzene rings is 2. The Bertz CT molecular complexity index is 1200. The van der Waals surface area contributed by atoms with Crippen LogP contribution in [0.5, 0.6) is 11.5 Å². The highest BCUT2D eigenvalue weighted by molar-refractivity contribution is 7.14. The summed E-state index contributed by atoms with van der Waals surface area (Å²) in [7, 11) is 0. The third-order valence-corrected chi connectivity index (χ3v) is 5.87. The van der Waals surface area contributed by atoms with Crippen LogP contribution in [-0.4, -0.2) is 30.1 Å². The summed E-state index contributed by atoms with van der Waals surface area (Å²) in [6.07, 6.45) is 0.0711. The Hall–Kier alpha value is -3.53. The number of fused-ring (bicyclic) bond motifs is 1. The van der Waals surface area contributed by atoms with E-state index >= 15 is 0 Å². The molecule has 1 atom stereocenters. The molecule has 7 nitrogen and oxygen atoms in total. The number of aromatic nitrogens is 1. The van der Waals surface area contributed by atoms with E-state index in [1.165, 1.54) is 6.07 Å². The lowest BCUT2D eigenvalue weighted by Crippen LogP contribution is -2.28. The van der Waals surface area contributed by atoms with Crippen LogP contribution in [-0.2, 0) is 9.59 Å². The van der Waals surface area contributed by atoms with Crippen LogP contribution in [0.4, 0.5) is 19.6 Å². The highest BCUT2D eigenvalue weighted by Crippen LogP contribution is 2.37. The van der Waals surface area contributed by atoms with E-state index in [1.54, 1.807) is 28.5 Å². The first-order chi connectivity index (χ1) is 15.0. The average Bonchev–Trinajstić information content (AvgIpc) is 3.49. The molecule has 0 spiro atoms. The van der Waals surface area contributed by atoms with Gasteiger partial charge in [0.15, 0.2) is 28.3 Å². The Morgan fingerprint density at radius 3 is 2.81 bits per heavy atom. The quantitative estimate of drug-likeness (QED) is 0.663. The minimum absolute atomic E-state index is 0.0711. The van der Waals surface area contributed by atoms with E-state index in [0.29, 0.717) is 33.6 Å². The summed E-state index contributed by atoms with van der Waals surface area (Å²) in [5.41, 5.74) is 1.46. The Kier molecular flexibility index (Phi) is 4.78. The zero-order valence-electron chi connectivity index (χ0n) is 15.9. The van der Waals surface area contributed by atoms with Gasteiger partial charge in [-0.25, -0.2) is 13.8 Å². The summed E-state index contributed by atoms with van der Waals surface area (Å²) >= 11 is 1.16. The highest BCUT2D eigenvalue weighted by Gasteiger charge is 2.36. The monoisotopic (exact) mass is 443 g/mol. The lowest BCUT2D eigenvalue weighted by atomic mass is 10.1. The van der Waals surface area contributed by atoms with Crippen LogP contribution in [0.2, 0.25) is 0 Å². The molecule has 2 aromatic carbocycles. The number of thiazole rings is 1. The molecule has 0 bridgehead atoms. The molecule has 5 rings (SSSR count). The van der Waals surface area contributed by atoms with Crippen molar-refractivity contribution in [3.63, 3.8) is 0 Å². The molecular weight excluding hydrogens is 428 g/mol. The predicted molar refractivity (Wildman–Crippen MR) is 109 cm³/mol. The van der Waals surface area contributed by atoms with Crippen molar-refractivity contribution in [1.29, 1.82) is 0 Å². The minimum Gasteiger partial charge on any atom is -0.454 e.